The molecular formula is C25H49O10P. The van der Waals surface area contributed by atoms with Gasteiger partial charge in [-0.3, -0.25) is 18.6 Å². The number of aliphatic hydroxyl groups is 2. The summed E-state index contributed by atoms with van der Waals surface area (Å²) in [5.74, 6) is -0.949. The molecule has 0 bridgehead atoms. The van der Waals surface area contributed by atoms with Crippen LogP contribution in [0, 0.1) is 0 Å². The van der Waals surface area contributed by atoms with E-state index in [2.05, 4.69) is 18.4 Å². The maximum atomic E-state index is 12.3. The van der Waals surface area contributed by atoms with E-state index in [-0.39, 0.29) is 19.4 Å². The number of carbonyl (C=O) groups excluding carboxylic acids is 2. The Labute approximate surface area is 216 Å². The van der Waals surface area contributed by atoms with Crippen LogP contribution in [0.1, 0.15) is 110 Å². The fourth-order valence-electron chi connectivity index (χ4n) is 3.34. The third-order valence-corrected chi connectivity index (χ3v) is 6.46. The second kappa shape index (κ2) is 23.1. The van der Waals surface area contributed by atoms with E-state index in [1.165, 1.54) is 32.1 Å². The van der Waals surface area contributed by atoms with Crippen LogP contribution in [0.25, 0.3) is 0 Å². The standard InChI is InChI=1S/C25H49O10P/c1-3-5-7-9-10-11-12-13-15-17-25(29)35-23(20-32-24(28)16-14-8-6-4-2)21-34-36(30,31)33-19-22(27)18-26/h22-23,26-27H,3-21H2,1-2H3,(H,30,31)/t22-,23+/m0/s1. The molecule has 0 aromatic carbocycles. The number of esters is 2. The van der Waals surface area contributed by atoms with E-state index in [1.54, 1.807) is 0 Å². The maximum Gasteiger partial charge on any atom is 0.472 e. The first kappa shape index (κ1) is 35.0. The van der Waals surface area contributed by atoms with Crippen LogP contribution in [0.3, 0.4) is 0 Å². The van der Waals surface area contributed by atoms with E-state index in [0.717, 1.165) is 38.5 Å². The molecule has 0 heterocycles. The first-order chi connectivity index (χ1) is 17.2. The van der Waals surface area contributed by atoms with Crippen molar-refractivity contribution in [1.29, 1.82) is 0 Å². The fraction of sp³-hybridized carbons (Fsp3) is 0.920. The first-order valence-electron chi connectivity index (χ1n) is 13.5. The Morgan fingerprint density at radius 3 is 1.75 bits per heavy atom. The van der Waals surface area contributed by atoms with Crippen molar-refractivity contribution in [3.63, 3.8) is 0 Å². The van der Waals surface area contributed by atoms with Crippen molar-refractivity contribution in [2.75, 3.05) is 26.4 Å². The van der Waals surface area contributed by atoms with E-state index in [4.69, 9.17) is 19.1 Å². The molecule has 10 nitrogen and oxygen atoms in total. The lowest BCUT2D eigenvalue weighted by Crippen LogP contribution is -2.29. The number of unbranched alkanes of at least 4 members (excludes halogenated alkanes) is 11. The van der Waals surface area contributed by atoms with Crippen molar-refractivity contribution in [2.24, 2.45) is 0 Å². The molecule has 0 aliphatic carbocycles. The molecule has 36 heavy (non-hydrogen) atoms. The summed E-state index contributed by atoms with van der Waals surface area (Å²) < 4.78 is 32.0. The van der Waals surface area contributed by atoms with Gasteiger partial charge in [-0.25, -0.2) is 4.57 Å². The summed E-state index contributed by atoms with van der Waals surface area (Å²) in [6, 6.07) is 0. The number of carbonyl (C=O) groups is 2. The second-order valence-electron chi connectivity index (χ2n) is 9.08. The first-order valence-corrected chi connectivity index (χ1v) is 15.0. The highest BCUT2D eigenvalue weighted by molar-refractivity contribution is 7.47. The second-order valence-corrected chi connectivity index (χ2v) is 10.5. The monoisotopic (exact) mass is 540 g/mol. The lowest BCUT2D eigenvalue weighted by Gasteiger charge is -2.20. The van der Waals surface area contributed by atoms with Gasteiger partial charge in [0, 0.05) is 12.8 Å². The molecule has 0 saturated carbocycles. The quantitative estimate of drug-likeness (QED) is 0.0836. The van der Waals surface area contributed by atoms with Crippen LogP contribution < -0.4 is 0 Å². The number of aliphatic hydroxyl groups excluding tert-OH is 2. The number of phosphoric acid groups is 1. The maximum absolute atomic E-state index is 12.3. The molecule has 3 atom stereocenters. The Balaban J connectivity index is 4.50. The van der Waals surface area contributed by atoms with Crippen molar-refractivity contribution >= 4 is 19.8 Å². The summed E-state index contributed by atoms with van der Waals surface area (Å²) in [5, 5.41) is 18.0. The van der Waals surface area contributed by atoms with E-state index in [0.29, 0.717) is 12.8 Å². The summed E-state index contributed by atoms with van der Waals surface area (Å²) in [6.07, 6.45) is 11.6. The highest BCUT2D eigenvalue weighted by Gasteiger charge is 2.27. The van der Waals surface area contributed by atoms with Crippen molar-refractivity contribution in [3.8, 4) is 0 Å². The average Bonchev–Trinajstić information content (AvgIpc) is 2.85. The Bertz CT molecular complexity index is 601. The predicted molar refractivity (Wildman–Crippen MR) is 136 cm³/mol. The predicted octanol–water partition coefficient (Wildman–Crippen LogP) is 4.82. The molecule has 0 aliphatic heterocycles. The molecule has 0 spiro atoms. The highest BCUT2D eigenvalue weighted by Crippen LogP contribution is 2.43. The average molecular weight is 541 g/mol. The van der Waals surface area contributed by atoms with Crippen LogP contribution in [-0.4, -0.2) is 65.7 Å². The van der Waals surface area contributed by atoms with Crippen molar-refractivity contribution < 1.29 is 47.8 Å². The molecule has 0 saturated heterocycles. The van der Waals surface area contributed by atoms with E-state index < -0.39 is 51.8 Å². The Morgan fingerprint density at radius 1 is 0.722 bits per heavy atom. The van der Waals surface area contributed by atoms with Crippen molar-refractivity contribution in [2.45, 2.75) is 122 Å². The molecule has 0 aliphatic rings. The van der Waals surface area contributed by atoms with E-state index >= 15 is 0 Å². The fourth-order valence-corrected chi connectivity index (χ4v) is 4.13. The lowest BCUT2D eigenvalue weighted by molar-refractivity contribution is -0.161. The molecule has 214 valence electrons. The Morgan fingerprint density at radius 2 is 1.19 bits per heavy atom. The highest BCUT2D eigenvalue weighted by atomic mass is 31.2. The lowest BCUT2D eigenvalue weighted by atomic mass is 10.1. The minimum atomic E-state index is -4.58. The van der Waals surface area contributed by atoms with Crippen LogP contribution in [-0.2, 0) is 32.7 Å². The summed E-state index contributed by atoms with van der Waals surface area (Å²) >= 11 is 0. The van der Waals surface area contributed by atoms with Crippen LogP contribution >= 0.6 is 7.82 Å². The molecule has 0 radical (unpaired) electrons. The summed E-state index contributed by atoms with van der Waals surface area (Å²) in [4.78, 5) is 34.0. The van der Waals surface area contributed by atoms with Crippen LogP contribution in [0.15, 0.2) is 0 Å². The summed E-state index contributed by atoms with van der Waals surface area (Å²) in [5.41, 5.74) is 0. The zero-order valence-electron chi connectivity index (χ0n) is 22.2. The van der Waals surface area contributed by atoms with Gasteiger partial charge in [0.25, 0.3) is 0 Å². The molecule has 3 N–H and O–H groups in total. The zero-order valence-corrected chi connectivity index (χ0v) is 23.1. The zero-order chi connectivity index (χ0) is 27.1. The van der Waals surface area contributed by atoms with Gasteiger partial charge < -0.3 is 24.6 Å². The minimum absolute atomic E-state index is 0.188. The van der Waals surface area contributed by atoms with Gasteiger partial charge in [-0.15, -0.1) is 0 Å². The Kier molecular flexibility index (Phi) is 22.5. The normalized spacial score (nSPS) is 14.7. The largest absolute Gasteiger partial charge is 0.472 e. The SMILES string of the molecule is CCCCCCCCCCCC(=O)O[C@H](COC(=O)CCCCCC)COP(=O)(O)OC[C@@H](O)CO. The molecule has 0 aromatic heterocycles. The van der Waals surface area contributed by atoms with Crippen LogP contribution in [0.4, 0.5) is 0 Å². The van der Waals surface area contributed by atoms with Gasteiger partial charge in [0.1, 0.15) is 12.7 Å². The number of rotatable bonds is 25. The number of ether oxygens (including phenoxy) is 2. The summed E-state index contributed by atoms with van der Waals surface area (Å²) in [6.45, 7) is 2.16. The van der Waals surface area contributed by atoms with Gasteiger partial charge in [-0.1, -0.05) is 84.5 Å². The van der Waals surface area contributed by atoms with Gasteiger partial charge in [0.05, 0.1) is 19.8 Å². The van der Waals surface area contributed by atoms with Crippen molar-refractivity contribution in [1.82, 2.24) is 0 Å². The Hall–Kier alpha value is -1.03. The molecule has 0 amide bonds. The van der Waals surface area contributed by atoms with Crippen molar-refractivity contribution in [3.05, 3.63) is 0 Å². The van der Waals surface area contributed by atoms with Gasteiger partial charge >= 0.3 is 19.8 Å². The third kappa shape index (κ3) is 22.2. The smallest absolute Gasteiger partial charge is 0.462 e. The topological polar surface area (TPSA) is 149 Å². The molecular weight excluding hydrogens is 491 g/mol. The van der Waals surface area contributed by atoms with Crippen LogP contribution in [0.2, 0.25) is 0 Å². The number of phosphoric ester groups is 1. The number of hydrogen-bond acceptors (Lipinski definition) is 9. The number of hydrogen-bond donors (Lipinski definition) is 3. The molecule has 1 unspecified atom stereocenters. The summed E-state index contributed by atoms with van der Waals surface area (Å²) in [7, 11) is -4.58. The van der Waals surface area contributed by atoms with Gasteiger partial charge in [0.15, 0.2) is 6.10 Å². The molecule has 11 heteroatoms. The van der Waals surface area contributed by atoms with E-state index in [9.17, 15) is 24.2 Å². The molecule has 0 aromatic rings. The van der Waals surface area contributed by atoms with Gasteiger partial charge in [-0.2, -0.15) is 0 Å². The molecule has 0 fully saturated rings. The molecule has 0 rings (SSSR count). The third-order valence-electron chi connectivity index (χ3n) is 5.51. The van der Waals surface area contributed by atoms with Gasteiger partial charge in [0.2, 0.25) is 0 Å². The van der Waals surface area contributed by atoms with Crippen LogP contribution in [0.5, 0.6) is 0 Å². The minimum Gasteiger partial charge on any atom is -0.462 e. The van der Waals surface area contributed by atoms with E-state index in [1.807, 2.05) is 0 Å². The van der Waals surface area contributed by atoms with Gasteiger partial charge in [-0.05, 0) is 12.8 Å².